The van der Waals surface area contributed by atoms with Crippen LogP contribution in [0, 0.1) is 0 Å². The highest BCUT2D eigenvalue weighted by atomic mass is 35.5. The molecule has 1 amide bonds. The molecule has 1 aromatic rings. The van der Waals surface area contributed by atoms with Gasteiger partial charge in [0.2, 0.25) is 0 Å². The van der Waals surface area contributed by atoms with Gasteiger partial charge in [-0.15, -0.1) is 0 Å². The third-order valence-electron chi connectivity index (χ3n) is 3.66. The van der Waals surface area contributed by atoms with Crippen LogP contribution in [-0.2, 0) is 0 Å². The summed E-state index contributed by atoms with van der Waals surface area (Å²) in [5, 5.41) is 6.60. The van der Waals surface area contributed by atoms with Gasteiger partial charge in [-0.3, -0.25) is 9.89 Å². The first-order valence-corrected chi connectivity index (χ1v) is 6.83. The van der Waals surface area contributed by atoms with Crippen LogP contribution in [-0.4, -0.2) is 59.1 Å². The average molecular weight is 286 g/mol. The van der Waals surface area contributed by atoms with E-state index in [1.165, 1.54) is 0 Å². The van der Waals surface area contributed by atoms with Crippen LogP contribution in [0.15, 0.2) is 0 Å². The summed E-state index contributed by atoms with van der Waals surface area (Å²) in [5.74, 6) is 0.0552. The van der Waals surface area contributed by atoms with E-state index in [-0.39, 0.29) is 16.7 Å². The second kappa shape index (κ2) is 5.79. The summed E-state index contributed by atoms with van der Waals surface area (Å²) in [6.45, 7) is 1.48. The summed E-state index contributed by atoms with van der Waals surface area (Å²) in [4.78, 5) is 16.4. The number of H-pyrrole nitrogens is 1. The summed E-state index contributed by atoms with van der Waals surface area (Å²) in [6.07, 6.45) is 3.07. The Balaban J connectivity index is 2.06. The molecule has 1 saturated heterocycles. The standard InChI is InChI=1S/C12H20ClN5O/c1-17(2)8-4-3-6-18(7-5-8)12(19)10-9(13)11(14)16-15-10/h8H,3-7H2,1-2H3,(H3,14,15,16)/t8-/m1/s1. The van der Waals surface area contributed by atoms with Crippen molar-refractivity contribution in [1.29, 1.82) is 0 Å². The Morgan fingerprint density at radius 3 is 2.79 bits per heavy atom. The molecule has 0 spiro atoms. The van der Waals surface area contributed by atoms with E-state index in [0.29, 0.717) is 11.7 Å². The van der Waals surface area contributed by atoms with Gasteiger partial charge >= 0.3 is 0 Å². The number of anilines is 1. The fraction of sp³-hybridized carbons (Fsp3) is 0.667. The number of carbonyl (C=O) groups excluding carboxylic acids is 1. The van der Waals surface area contributed by atoms with Crippen LogP contribution < -0.4 is 5.73 Å². The topological polar surface area (TPSA) is 78.2 Å². The van der Waals surface area contributed by atoms with Gasteiger partial charge in [0.1, 0.15) is 10.7 Å². The Morgan fingerprint density at radius 1 is 1.47 bits per heavy atom. The normalized spacial score (nSPS) is 20.6. The third-order valence-corrected chi connectivity index (χ3v) is 4.04. The number of carbonyl (C=O) groups is 1. The molecule has 106 valence electrons. The minimum atomic E-state index is -0.117. The molecule has 0 radical (unpaired) electrons. The van der Waals surface area contributed by atoms with Crippen molar-refractivity contribution in [1.82, 2.24) is 20.0 Å². The molecular formula is C12H20ClN5O. The lowest BCUT2D eigenvalue weighted by Crippen LogP contribution is -2.34. The Morgan fingerprint density at radius 2 is 2.21 bits per heavy atom. The van der Waals surface area contributed by atoms with Gasteiger partial charge < -0.3 is 15.5 Å². The van der Waals surface area contributed by atoms with Gasteiger partial charge in [-0.2, -0.15) is 5.10 Å². The minimum absolute atomic E-state index is 0.117. The predicted octanol–water partition coefficient (Wildman–Crippen LogP) is 1.20. The molecule has 0 saturated carbocycles. The molecule has 1 atom stereocenters. The average Bonchev–Trinajstić information content (AvgIpc) is 2.60. The highest BCUT2D eigenvalue weighted by Gasteiger charge is 2.25. The molecule has 0 bridgehead atoms. The number of rotatable bonds is 2. The van der Waals surface area contributed by atoms with E-state index in [9.17, 15) is 4.79 Å². The Hall–Kier alpha value is -1.27. The number of aromatic amines is 1. The van der Waals surface area contributed by atoms with Crippen LogP contribution in [0.1, 0.15) is 29.8 Å². The van der Waals surface area contributed by atoms with E-state index >= 15 is 0 Å². The van der Waals surface area contributed by atoms with E-state index in [2.05, 4.69) is 29.2 Å². The summed E-state index contributed by atoms with van der Waals surface area (Å²) in [5.41, 5.74) is 5.84. The lowest BCUT2D eigenvalue weighted by molar-refractivity contribution is 0.0753. The summed E-state index contributed by atoms with van der Waals surface area (Å²) in [6, 6.07) is 0.528. The summed E-state index contributed by atoms with van der Waals surface area (Å²) >= 11 is 5.97. The Labute approximate surface area is 117 Å². The zero-order valence-corrected chi connectivity index (χ0v) is 12.1. The number of hydrogen-bond acceptors (Lipinski definition) is 4. The molecule has 0 aliphatic carbocycles. The van der Waals surface area contributed by atoms with Crippen molar-refractivity contribution in [2.75, 3.05) is 32.9 Å². The highest BCUT2D eigenvalue weighted by Crippen LogP contribution is 2.23. The number of hydrogen-bond donors (Lipinski definition) is 2. The molecule has 1 aliphatic rings. The third kappa shape index (κ3) is 3.01. The zero-order valence-electron chi connectivity index (χ0n) is 11.3. The van der Waals surface area contributed by atoms with E-state index in [4.69, 9.17) is 17.3 Å². The van der Waals surface area contributed by atoms with E-state index in [1.807, 2.05) is 4.90 Å². The number of amides is 1. The number of nitrogen functional groups attached to an aromatic ring is 1. The fourth-order valence-corrected chi connectivity index (χ4v) is 2.61. The first kappa shape index (κ1) is 14.1. The van der Waals surface area contributed by atoms with Gasteiger partial charge in [-0.1, -0.05) is 11.6 Å². The molecule has 7 heteroatoms. The zero-order chi connectivity index (χ0) is 14.0. The van der Waals surface area contributed by atoms with Crippen LogP contribution >= 0.6 is 11.6 Å². The SMILES string of the molecule is CN(C)[C@@H]1CCCN(C(=O)c2[nH]nc(N)c2Cl)CC1. The quantitative estimate of drug-likeness (QED) is 0.856. The van der Waals surface area contributed by atoms with Crippen molar-refractivity contribution in [3.63, 3.8) is 0 Å². The summed E-state index contributed by atoms with van der Waals surface area (Å²) < 4.78 is 0. The van der Waals surface area contributed by atoms with E-state index < -0.39 is 0 Å². The van der Waals surface area contributed by atoms with E-state index in [0.717, 1.165) is 32.4 Å². The minimum Gasteiger partial charge on any atom is -0.381 e. The van der Waals surface area contributed by atoms with Crippen molar-refractivity contribution in [3.8, 4) is 0 Å². The molecule has 6 nitrogen and oxygen atoms in total. The van der Waals surface area contributed by atoms with Crippen molar-refractivity contribution < 1.29 is 4.79 Å². The Kier molecular flexibility index (Phi) is 4.31. The van der Waals surface area contributed by atoms with E-state index in [1.54, 1.807) is 0 Å². The van der Waals surface area contributed by atoms with Crippen LogP contribution in [0.5, 0.6) is 0 Å². The molecule has 1 fully saturated rings. The van der Waals surface area contributed by atoms with Crippen molar-refractivity contribution in [2.24, 2.45) is 0 Å². The predicted molar refractivity (Wildman–Crippen MR) is 75.2 cm³/mol. The molecule has 0 unspecified atom stereocenters. The van der Waals surface area contributed by atoms with Crippen LogP contribution in [0.3, 0.4) is 0 Å². The molecule has 2 heterocycles. The monoisotopic (exact) mass is 285 g/mol. The van der Waals surface area contributed by atoms with Gasteiger partial charge in [0.05, 0.1) is 0 Å². The van der Waals surface area contributed by atoms with Crippen molar-refractivity contribution >= 4 is 23.3 Å². The number of nitrogens with zero attached hydrogens (tertiary/aromatic N) is 3. The highest BCUT2D eigenvalue weighted by molar-refractivity contribution is 6.35. The fourth-order valence-electron chi connectivity index (χ4n) is 2.44. The van der Waals surface area contributed by atoms with Crippen molar-refractivity contribution in [2.45, 2.75) is 25.3 Å². The van der Waals surface area contributed by atoms with Crippen molar-refractivity contribution in [3.05, 3.63) is 10.7 Å². The van der Waals surface area contributed by atoms with Gasteiger partial charge in [0.15, 0.2) is 5.82 Å². The van der Waals surface area contributed by atoms with Gasteiger partial charge in [-0.25, -0.2) is 0 Å². The number of nitrogens with two attached hydrogens (primary N) is 1. The molecule has 0 aromatic carbocycles. The second-order valence-electron chi connectivity index (χ2n) is 5.14. The summed E-state index contributed by atoms with van der Waals surface area (Å²) in [7, 11) is 4.16. The first-order chi connectivity index (χ1) is 9.00. The maximum atomic E-state index is 12.4. The first-order valence-electron chi connectivity index (χ1n) is 6.45. The molecular weight excluding hydrogens is 266 g/mol. The number of likely N-dealkylation sites (tertiary alicyclic amines) is 1. The van der Waals surface area contributed by atoms with Crippen LogP contribution in [0.25, 0.3) is 0 Å². The lowest BCUT2D eigenvalue weighted by Gasteiger charge is -2.23. The molecule has 1 aromatic heterocycles. The maximum absolute atomic E-state index is 12.4. The lowest BCUT2D eigenvalue weighted by atomic mass is 10.1. The molecule has 19 heavy (non-hydrogen) atoms. The number of nitrogens with one attached hydrogen (secondary N) is 1. The smallest absolute Gasteiger partial charge is 0.273 e. The van der Waals surface area contributed by atoms with Gasteiger partial charge in [-0.05, 0) is 33.4 Å². The molecule has 2 rings (SSSR count). The number of aromatic nitrogens is 2. The van der Waals surface area contributed by atoms with Crippen LogP contribution in [0.4, 0.5) is 5.82 Å². The van der Waals surface area contributed by atoms with Gasteiger partial charge in [0, 0.05) is 19.1 Å². The second-order valence-corrected chi connectivity index (χ2v) is 5.52. The van der Waals surface area contributed by atoms with Gasteiger partial charge in [0.25, 0.3) is 5.91 Å². The molecule has 1 aliphatic heterocycles. The largest absolute Gasteiger partial charge is 0.381 e. The maximum Gasteiger partial charge on any atom is 0.273 e. The number of halogens is 1. The van der Waals surface area contributed by atoms with Crippen LogP contribution in [0.2, 0.25) is 5.02 Å². The molecule has 3 N–H and O–H groups in total. The Bertz CT molecular complexity index is 459.